The normalized spacial score (nSPS) is 19.7. The third kappa shape index (κ3) is 3.24. The van der Waals surface area contributed by atoms with Crippen LogP contribution in [0.15, 0.2) is 18.2 Å². The standard InChI is InChI=1S/C16H25ClN2/c1-4-14(18)11-12-10-13(17)6-7-15(12)19-9-5-8-16(19,2)3/h6-7,10,14H,4-5,8-9,11,18H2,1-3H3. The van der Waals surface area contributed by atoms with Crippen molar-refractivity contribution in [3.63, 3.8) is 0 Å². The summed E-state index contributed by atoms with van der Waals surface area (Å²) in [6, 6.07) is 6.45. The highest BCUT2D eigenvalue weighted by atomic mass is 35.5. The highest BCUT2D eigenvalue weighted by molar-refractivity contribution is 6.30. The first kappa shape index (κ1) is 14.7. The molecule has 1 heterocycles. The summed E-state index contributed by atoms with van der Waals surface area (Å²) in [5.74, 6) is 0. The summed E-state index contributed by atoms with van der Waals surface area (Å²) < 4.78 is 0. The van der Waals surface area contributed by atoms with Gasteiger partial charge in [0.25, 0.3) is 0 Å². The Hall–Kier alpha value is -0.730. The second kappa shape index (κ2) is 5.72. The van der Waals surface area contributed by atoms with Crippen LogP contribution >= 0.6 is 11.6 Å². The summed E-state index contributed by atoms with van der Waals surface area (Å²) in [5.41, 5.74) is 8.97. The van der Waals surface area contributed by atoms with E-state index in [0.29, 0.717) is 0 Å². The molecule has 2 N–H and O–H groups in total. The molecule has 1 aliphatic rings. The molecule has 2 rings (SSSR count). The molecule has 0 aromatic heterocycles. The minimum atomic E-state index is 0.211. The van der Waals surface area contributed by atoms with Gasteiger partial charge in [0.05, 0.1) is 0 Å². The van der Waals surface area contributed by atoms with Gasteiger partial charge >= 0.3 is 0 Å². The van der Waals surface area contributed by atoms with Gasteiger partial charge < -0.3 is 10.6 Å². The van der Waals surface area contributed by atoms with Crippen molar-refractivity contribution in [1.29, 1.82) is 0 Å². The van der Waals surface area contributed by atoms with Crippen LogP contribution < -0.4 is 10.6 Å². The van der Waals surface area contributed by atoms with Crippen molar-refractivity contribution in [3.8, 4) is 0 Å². The van der Waals surface area contributed by atoms with E-state index in [9.17, 15) is 0 Å². The van der Waals surface area contributed by atoms with Crippen molar-refractivity contribution in [2.24, 2.45) is 5.73 Å². The predicted octanol–water partition coefficient (Wildman–Crippen LogP) is 4.00. The minimum Gasteiger partial charge on any atom is -0.366 e. The fourth-order valence-electron chi connectivity index (χ4n) is 2.96. The molecule has 1 atom stereocenters. The maximum absolute atomic E-state index is 6.16. The van der Waals surface area contributed by atoms with Gasteiger partial charge in [0.15, 0.2) is 0 Å². The van der Waals surface area contributed by atoms with Gasteiger partial charge in [-0.1, -0.05) is 18.5 Å². The van der Waals surface area contributed by atoms with E-state index in [0.717, 1.165) is 24.4 Å². The highest BCUT2D eigenvalue weighted by Gasteiger charge is 2.33. The van der Waals surface area contributed by atoms with Gasteiger partial charge in [-0.3, -0.25) is 0 Å². The third-order valence-corrected chi connectivity index (χ3v) is 4.47. The molecule has 1 saturated heterocycles. The first-order chi connectivity index (χ1) is 8.94. The molecule has 3 heteroatoms. The Morgan fingerprint density at radius 1 is 1.42 bits per heavy atom. The molecule has 0 spiro atoms. The van der Waals surface area contributed by atoms with Crippen LogP contribution in [0, 0.1) is 0 Å². The van der Waals surface area contributed by atoms with Crippen molar-refractivity contribution in [2.75, 3.05) is 11.4 Å². The van der Waals surface area contributed by atoms with E-state index in [1.165, 1.54) is 24.1 Å². The maximum atomic E-state index is 6.16. The Labute approximate surface area is 121 Å². The molecule has 1 aromatic rings. The molecule has 1 aliphatic heterocycles. The molecule has 1 aromatic carbocycles. The van der Waals surface area contributed by atoms with Crippen LogP contribution in [-0.4, -0.2) is 18.1 Å². The zero-order chi connectivity index (χ0) is 14.0. The SMILES string of the molecule is CCC(N)Cc1cc(Cl)ccc1N1CCCC1(C)C. The van der Waals surface area contributed by atoms with E-state index < -0.39 is 0 Å². The molecule has 1 unspecified atom stereocenters. The molecule has 0 bridgehead atoms. The summed E-state index contributed by atoms with van der Waals surface area (Å²) >= 11 is 6.16. The highest BCUT2D eigenvalue weighted by Crippen LogP contribution is 2.36. The van der Waals surface area contributed by atoms with Crippen molar-refractivity contribution in [2.45, 2.75) is 58.0 Å². The number of nitrogens with two attached hydrogens (primary N) is 1. The Balaban J connectivity index is 2.34. The van der Waals surface area contributed by atoms with Crippen molar-refractivity contribution in [1.82, 2.24) is 0 Å². The monoisotopic (exact) mass is 280 g/mol. The maximum Gasteiger partial charge on any atom is 0.0410 e. The van der Waals surface area contributed by atoms with Gasteiger partial charge in [-0.2, -0.15) is 0 Å². The summed E-state index contributed by atoms with van der Waals surface area (Å²) in [4.78, 5) is 2.51. The molecule has 19 heavy (non-hydrogen) atoms. The van der Waals surface area contributed by atoms with E-state index in [2.05, 4.69) is 37.8 Å². The Bertz CT molecular complexity index is 442. The minimum absolute atomic E-state index is 0.211. The molecule has 0 saturated carbocycles. The fourth-order valence-corrected chi connectivity index (χ4v) is 3.16. The van der Waals surface area contributed by atoms with Crippen molar-refractivity contribution >= 4 is 17.3 Å². The second-order valence-corrected chi connectivity index (χ2v) is 6.65. The van der Waals surface area contributed by atoms with Crippen LogP contribution in [0.3, 0.4) is 0 Å². The number of hydrogen-bond donors (Lipinski definition) is 1. The average molecular weight is 281 g/mol. The lowest BCUT2D eigenvalue weighted by molar-refractivity contribution is 0.515. The smallest absolute Gasteiger partial charge is 0.0410 e. The first-order valence-electron chi connectivity index (χ1n) is 7.25. The average Bonchev–Trinajstić information content (AvgIpc) is 2.69. The number of benzene rings is 1. The zero-order valence-corrected chi connectivity index (χ0v) is 13.0. The number of nitrogens with zero attached hydrogens (tertiary/aromatic N) is 1. The molecule has 106 valence electrons. The van der Waals surface area contributed by atoms with Gasteiger partial charge in [0, 0.05) is 28.8 Å². The molecule has 1 fully saturated rings. The number of rotatable bonds is 4. The Morgan fingerprint density at radius 3 is 2.74 bits per heavy atom. The summed E-state index contributed by atoms with van der Waals surface area (Å²) in [6.07, 6.45) is 4.40. The number of halogens is 1. The largest absolute Gasteiger partial charge is 0.366 e. The van der Waals surface area contributed by atoms with Crippen LogP contribution in [0.1, 0.15) is 45.6 Å². The quantitative estimate of drug-likeness (QED) is 0.903. The van der Waals surface area contributed by atoms with Gasteiger partial charge in [0.2, 0.25) is 0 Å². The van der Waals surface area contributed by atoms with E-state index >= 15 is 0 Å². The van der Waals surface area contributed by atoms with Crippen LogP contribution in [-0.2, 0) is 6.42 Å². The zero-order valence-electron chi connectivity index (χ0n) is 12.2. The summed E-state index contributed by atoms with van der Waals surface area (Å²) in [5, 5.41) is 0.805. The topological polar surface area (TPSA) is 29.3 Å². The third-order valence-electron chi connectivity index (χ3n) is 4.24. The van der Waals surface area contributed by atoms with Crippen LogP contribution in [0.5, 0.6) is 0 Å². The molecule has 2 nitrogen and oxygen atoms in total. The van der Waals surface area contributed by atoms with Gasteiger partial charge in [-0.15, -0.1) is 0 Å². The lowest BCUT2D eigenvalue weighted by Crippen LogP contribution is -2.39. The molecular formula is C16H25ClN2. The lowest BCUT2D eigenvalue weighted by atomic mass is 9.98. The molecule has 0 aliphatic carbocycles. The lowest BCUT2D eigenvalue weighted by Gasteiger charge is -2.35. The second-order valence-electron chi connectivity index (χ2n) is 6.21. The van der Waals surface area contributed by atoms with Crippen LogP contribution in [0.2, 0.25) is 5.02 Å². The number of anilines is 1. The summed E-state index contributed by atoms with van der Waals surface area (Å²) in [6.45, 7) is 7.90. The van der Waals surface area contributed by atoms with Crippen LogP contribution in [0.4, 0.5) is 5.69 Å². The molecule has 0 amide bonds. The Kier molecular flexibility index (Phi) is 4.42. The van der Waals surface area contributed by atoms with Crippen LogP contribution in [0.25, 0.3) is 0 Å². The van der Waals surface area contributed by atoms with E-state index in [-0.39, 0.29) is 11.6 Å². The predicted molar refractivity (Wildman–Crippen MR) is 84.1 cm³/mol. The van der Waals surface area contributed by atoms with Crippen molar-refractivity contribution in [3.05, 3.63) is 28.8 Å². The molecular weight excluding hydrogens is 256 g/mol. The first-order valence-corrected chi connectivity index (χ1v) is 7.63. The molecule has 0 radical (unpaired) electrons. The van der Waals surface area contributed by atoms with Gasteiger partial charge in [-0.25, -0.2) is 0 Å². The number of hydrogen-bond acceptors (Lipinski definition) is 2. The Morgan fingerprint density at radius 2 is 2.16 bits per heavy atom. The van der Waals surface area contributed by atoms with E-state index in [1.54, 1.807) is 0 Å². The van der Waals surface area contributed by atoms with Gasteiger partial charge in [0.1, 0.15) is 0 Å². The van der Waals surface area contributed by atoms with Gasteiger partial charge in [-0.05, 0) is 63.3 Å². The van der Waals surface area contributed by atoms with Crippen molar-refractivity contribution < 1.29 is 0 Å². The van der Waals surface area contributed by atoms with E-state index in [1.807, 2.05) is 6.07 Å². The van der Waals surface area contributed by atoms with E-state index in [4.69, 9.17) is 17.3 Å². The fraction of sp³-hybridized carbons (Fsp3) is 0.625. The summed E-state index contributed by atoms with van der Waals surface area (Å²) in [7, 11) is 0.